The highest BCUT2D eigenvalue weighted by Gasteiger charge is 2.29. The van der Waals surface area contributed by atoms with Crippen molar-refractivity contribution in [1.82, 2.24) is 5.43 Å². The van der Waals surface area contributed by atoms with E-state index >= 15 is 0 Å². The lowest BCUT2D eigenvalue weighted by atomic mass is 10.1. The van der Waals surface area contributed by atoms with Crippen LogP contribution in [0.2, 0.25) is 0 Å². The topological polar surface area (TPSA) is 70.6 Å². The Morgan fingerprint density at radius 1 is 1.04 bits per heavy atom. The number of carbonyl (C=O) groups excluding carboxylic acids is 2. The van der Waals surface area contributed by atoms with E-state index in [1.807, 2.05) is 56.3 Å². The summed E-state index contributed by atoms with van der Waals surface area (Å²) in [7, 11) is 0. The molecule has 0 unspecified atom stereocenters. The number of rotatable bonds is 5. The fourth-order valence-corrected chi connectivity index (χ4v) is 2.46. The van der Waals surface area contributed by atoms with Gasteiger partial charge in [-0.2, -0.15) is 5.10 Å². The molecule has 0 bridgehead atoms. The highest BCUT2D eigenvalue weighted by molar-refractivity contribution is 6.02. The second kappa shape index (κ2) is 7.30. The molecule has 2 aromatic rings. The Morgan fingerprint density at radius 2 is 1.76 bits per heavy atom. The zero-order valence-electron chi connectivity index (χ0n) is 14.4. The van der Waals surface area contributed by atoms with Gasteiger partial charge in [-0.3, -0.25) is 9.59 Å². The van der Waals surface area contributed by atoms with Crippen molar-refractivity contribution in [3.63, 3.8) is 0 Å². The molecule has 25 heavy (non-hydrogen) atoms. The summed E-state index contributed by atoms with van der Waals surface area (Å²) in [6, 6.07) is 14.8. The lowest BCUT2D eigenvalue weighted by Gasteiger charge is -2.07. The molecule has 2 N–H and O–H groups in total. The van der Waals surface area contributed by atoms with E-state index in [1.54, 1.807) is 6.07 Å². The van der Waals surface area contributed by atoms with Gasteiger partial charge in [-0.05, 0) is 56.5 Å². The van der Waals surface area contributed by atoms with Crippen LogP contribution in [0.25, 0.3) is 0 Å². The molecule has 128 valence electrons. The molecule has 1 aliphatic carbocycles. The maximum atomic E-state index is 12.2. The van der Waals surface area contributed by atoms with Gasteiger partial charge >= 0.3 is 0 Å². The van der Waals surface area contributed by atoms with Crippen molar-refractivity contribution in [2.75, 3.05) is 5.32 Å². The van der Waals surface area contributed by atoms with E-state index in [1.165, 1.54) is 0 Å². The quantitative estimate of drug-likeness (QED) is 0.648. The van der Waals surface area contributed by atoms with Crippen LogP contribution in [0.5, 0.6) is 0 Å². The molecule has 1 aliphatic rings. The van der Waals surface area contributed by atoms with Crippen LogP contribution < -0.4 is 10.7 Å². The summed E-state index contributed by atoms with van der Waals surface area (Å²) in [6.07, 6.45) is 1.94. The summed E-state index contributed by atoms with van der Waals surface area (Å²) in [6.45, 7) is 3.76. The van der Waals surface area contributed by atoms with E-state index in [2.05, 4.69) is 15.8 Å². The summed E-state index contributed by atoms with van der Waals surface area (Å²) in [5, 5.41) is 7.09. The van der Waals surface area contributed by atoms with Crippen molar-refractivity contribution in [1.29, 1.82) is 0 Å². The molecule has 0 atom stereocenters. The van der Waals surface area contributed by atoms with E-state index in [9.17, 15) is 9.59 Å². The van der Waals surface area contributed by atoms with Crippen LogP contribution in [0.3, 0.4) is 0 Å². The molecular formula is C20H21N3O2. The average molecular weight is 335 g/mol. The molecule has 0 aromatic heterocycles. The van der Waals surface area contributed by atoms with Crippen LogP contribution >= 0.6 is 0 Å². The number of amides is 2. The van der Waals surface area contributed by atoms with Gasteiger partial charge in [0.2, 0.25) is 5.91 Å². The Balaban J connectivity index is 1.67. The molecule has 0 heterocycles. The molecule has 1 saturated carbocycles. The van der Waals surface area contributed by atoms with Crippen molar-refractivity contribution < 1.29 is 9.59 Å². The Labute approximate surface area is 147 Å². The van der Waals surface area contributed by atoms with Crippen molar-refractivity contribution >= 4 is 23.2 Å². The van der Waals surface area contributed by atoms with Crippen molar-refractivity contribution in [2.24, 2.45) is 11.0 Å². The zero-order valence-corrected chi connectivity index (χ0v) is 14.4. The van der Waals surface area contributed by atoms with E-state index in [4.69, 9.17) is 0 Å². The van der Waals surface area contributed by atoms with Crippen LogP contribution in [0.15, 0.2) is 53.6 Å². The third kappa shape index (κ3) is 4.53. The molecule has 5 nitrogen and oxygen atoms in total. The fourth-order valence-electron chi connectivity index (χ4n) is 2.46. The molecule has 0 saturated heterocycles. The number of benzene rings is 2. The first-order valence-electron chi connectivity index (χ1n) is 8.35. The molecule has 2 aromatic carbocycles. The first-order valence-corrected chi connectivity index (χ1v) is 8.35. The van der Waals surface area contributed by atoms with Gasteiger partial charge in [-0.15, -0.1) is 0 Å². The van der Waals surface area contributed by atoms with E-state index in [-0.39, 0.29) is 17.7 Å². The lowest BCUT2D eigenvalue weighted by Crippen LogP contribution is -2.19. The van der Waals surface area contributed by atoms with Gasteiger partial charge in [0.25, 0.3) is 5.91 Å². The number of hydrogen-bond donors (Lipinski definition) is 2. The van der Waals surface area contributed by atoms with Gasteiger partial charge in [0.05, 0.1) is 5.71 Å². The maximum Gasteiger partial charge on any atom is 0.271 e. The Bertz CT molecular complexity index is 838. The Kier molecular flexibility index (Phi) is 4.93. The van der Waals surface area contributed by atoms with Crippen LogP contribution in [-0.4, -0.2) is 17.5 Å². The number of carbonyl (C=O) groups is 2. The third-order valence-electron chi connectivity index (χ3n) is 4.10. The number of aryl methyl sites for hydroxylation is 1. The summed E-state index contributed by atoms with van der Waals surface area (Å²) in [5.41, 5.74) is 6.43. The lowest BCUT2D eigenvalue weighted by molar-refractivity contribution is -0.117. The average Bonchev–Trinajstić information content (AvgIpc) is 3.44. The number of hydrogen-bond acceptors (Lipinski definition) is 3. The van der Waals surface area contributed by atoms with Gasteiger partial charge in [0.1, 0.15) is 0 Å². The van der Waals surface area contributed by atoms with Gasteiger partial charge < -0.3 is 5.32 Å². The van der Waals surface area contributed by atoms with E-state index < -0.39 is 0 Å². The van der Waals surface area contributed by atoms with Crippen LogP contribution in [0.4, 0.5) is 5.69 Å². The maximum absolute atomic E-state index is 12.2. The van der Waals surface area contributed by atoms with Crippen LogP contribution in [-0.2, 0) is 4.79 Å². The highest BCUT2D eigenvalue weighted by Crippen LogP contribution is 2.30. The first-order chi connectivity index (χ1) is 12.0. The highest BCUT2D eigenvalue weighted by atomic mass is 16.2. The minimum absolute atomic E-state index is 0.0690. The normalized spacial score (nSPS) is 14.1. The summed E-state index contributed by atoms with van der Waals surface area (Å²) >= 11 is 0. The summed E-state index contributed by atoms with van der Waals surface area (Å²) < 4.78 is 0. The number of nitrogens with zero attached hydrogens (tertiary/aromatic N) is 1. The number of nitrogens with one attached hydrogen (secondary N) is 2. The smallest absolute Gasteiger partial charge is 0.271 e. The molecule has 2 amide bonds. The summed E-state index contributed by atoms with van der Waals surface area (Å²) in [5.74, 6) is -0.0206. The van der Waals surface area contributed by atoms with Crippen molar-refractivity contribution in [3.8, 4) is 0 Å². The van der Waals surface area contributed by atoms with Gasteiger partial charge in [0.15, 0.2) is 0 Å². The Morgan fingerprint density at radius 3 is 2.48 bits per heavy atom. The zero-order chi connectivity index (χ0) is 17.8. The van der Waals surface area contributed by atoms with Gasteiger partial charge in [-0.25, -0.2) is 5.43 Å². The Hall–Kier alpha value is -2.95. The molecule has 0 aliphatic heterocycles. The molecule has 0 spiro atoms. The third-order valence-corrected chi connectivity index (χ3v) is 4.10. The van der Waals surface area contributed by atoms with Gasteiger partial charge in [0, 0.05) is 17.2 Å². The predicted molar refractivity (Wildman–Crippen MR) is 98.7 cm³/mol. The minimum Gasteiger partial charge on any atom is -0.326 e. The predicted octanol–water partition coefficient (Wildman–Crippen LogP) is 3.50. The molecule has 1 fully saturated rings. The van der Waals surface area contributed by atoms with Gasteiger partial charge in [-0.1, -0.05) is 29.8 Å². The fraction of sp³-hybridized carbons (Fsp3) is 0.250. The van der Waals surface area contributed by atoms with Crippen molar-refractivity contribution in [3.05, 3.63) is 65.2 Å². The van der Waals surface area contributed by atoms with Crippen molar-refractivity contribution in [2.45, 2.75) is 26.7 Å². The minimum atomic E-state index is -0.249. The molecule has 0 radical (unpaired) electrons. The van der Waals surface area contributed by atoms with E-state index in [0.29, 0.717) is 11.3 Å². The largest absolute Gasteiger partial charge is 0.326 e. The molecular weight excluding hydrogens is 314 g/mol. The monoisotopic (exact) mass is 335 g/mol. The molecule has 3 rings (SSSR count). The van der Waals surface area contributed by atoms with E-state index in [0.717, 1.165) is 29.7 Å². The standard InChI is InChI=1S/C20H21N3O2/c1-13-5-3-7-17(11-13)20(25)23-22-14(2)16-6-4-8-18(12-16)21-19(24)15-9-10-15/h3-8,11-12,15H,9-10H2,1-2H3,(H,21,24)(H,23,25). The second-order valence-electron chi connectivity index (χ2n) is 6.35. The number of anilines is 1. The SMILES string of the molecule is CC(=NNC(=O)c1cccc(C)c1)c1cccc(NC(=O)C2CC2)c1. The molecule has 5 heteroatoms. The second-order valence-corrected chi connectivity index (χ2v) is 6.35. The van der Waals surface area contributed by atoms with Crippen LogP contribution in [0, 0.1) is 12.8 Å². The van der Waals surface area contributed by atoms with Crippen LogP contribution in [0.1, 0.15) is 41.3 Å². The summed E-state index contributed by atoms with van der Waals surface area (Å²) in [4.78, 5) is 24.0. The number of hydrazone groups is 1. The first kappa shape index (κ1) is 16.9.